The van der Waals surface area contributed by atoms with Gasteiger partial charge in [0.2, 0.25) is 0 Å². The molecule has 0 bridgehead atoms. The first-order valence-electron chi connectivity index (χ1n) is 6.16. The van der Waals surface area contributed by atoms with Crippen LogP contribution in [0.15, 0.2) is 53.8 Å². The van der Waals surface area contributed by atoms with Crippen molar-refractivity contribution in [2.24, 2.45) is 0 Å². The smallest absolute Gasteiger partial charge is 0.309 e. The number of esters is 1. The van der Waals surface area contributed by atoms with Gasteiger partial charge in [-0.25, -0.2) is 4.79 Å². The fourth-order valence-corrected chi connectivity index (χ4v) is 1.83. The lowest BCUT2D eigenvalue weighted by atomic mass is 10.1. The van der Waals surface area contributed by atoms with E-state index in [-0.39, 0.29) is 12.4 Å². The van der Waals surface area contributed by atoms with Crippen LogP contribution in [-0.4, -0.2) is 19.0 Å². The molecule has 2 rings (SSSR count). The zero-order chi connectivity index (χ0) is 14.4. The molecule has 0 aromatic heterocycles. The number of rotatable bonds is 4. The molecule has 102 valence electrons. The third-order valence-electron chi connectivity index (χ3n) is 2.80. The van der Waals surface area contributed by atoms with Gasteiger partial charge in [0, 0.05) is 12.0 Å². The normalized spacial score (nSPS) is 13.4. The summed E-state index contributed by atoms with van der Waals surface area (Å²) in [6, 6.07) is 7.21. The maximum Gasteiger partial charge on any atom is 0.309 e. The highest BCUT2D eigenvalue weighted by Gasteiger charge is 2.09. The van der Waals surface area contributed by atoms with E-state index in [0.717, 1.165) is 5.56 Å². The van der Waals surface area contributed by atoms with Crippen LogP contribution in [0, 0.1) is 0 Å². The van der Waals surface area contributed by atoms with E-state index < -0.39 is 0 Å². The van der Waals surface area contributed by atoms with Crippen molar-refractivity contribution in [1.82, 2.24) is 0 Å². The van der Waals surface area contributed by atoms with Crippen molar-refractivity contribution in [2.45, 2.75) is 12.8 Å². The molecule has 1 aliphatic carbocycles. The Morgan fingerprint density at radius 3 is 3.00 bits per heavy atom. The molecule has 0 radical (unpaired) electrons. The van der Waals surface area contributed by atoms with Crippen molar-refractivity contribution < 1.29 is 19.1 Å². The van der Waals surface area contributed by atoms with E-state index >= 15 is 0 Å². The van der Waals surface area contributed by atoms with E-state index in [2.05, 4.69) is 4.74 Å². The summed E-state index contributed by atoms with van der Waals surface area (Å²) in [5, 5.41) is 0. The molecule has 0 unspecified atom stereocenters. The monoisotopic (exact) mass is 270 g/mol. The van der Waals surface area contributed by atoms with Crippen LogP contribution in [0.1, 0.15) is 12.0 Å². The minimum Gasteiger partial charge on any atom is -0.469 e. The molecule has 0 aliphatic heterocycles. The summed E-state index contributed by atoms with van der Waals surface area (Å²) >= 11 is 0. The number of ether oxygens (including phenoxy) is 2. The fraction of sp³-hybridized carbons (Fsp3) is 0.188. The Hall–Kier alpha value is -2.58. The molecular formula is C16H14O4. The molecule has 1 aromatic carbocycles. The van der Waals surface area contributed by atoms with Crippen LogP contribution in [0.3, 0.4) is 0 Å². The van der Waals surface area contributed by atoms with Gasteiger partial charge in [-0.15, -0.1) is 0 Å². The van der Waals surface area contributed by atoms with E-state index in [1.165, 1.54) is 7.11 Å². The van der Waals surface area contributed by atoms with Gasteiger partial charge < -0.3 is 9.47 Å². The second-order valence-corrected chi connectivity index (χ2v) is 4.30. The first-order chi connectivity index (χ1) is 9.71. The van der Waals surface area contributed by atoms with E-state index in [0.29, 0.717) is 23.5 Å². The van der Waals surface area contributed by atoms with Crippen LogP contribution in [0.2, 0.25) is 0 Å². The standard InChI is InChI=1S/C16H14O4/c1-19-16(18)10-12-4-2-6-14(8-12)20-15-7-3-5-13(9-15)11-17/h2-8H,9-10H2,1H3. The summed E-state index contributed by atoms with van der Waals surface area (Å²) in [5.41, 5.74) is 1.36. The van der Waals surface area contributed by atoms with Gasteiger partial charge in [0.1, 0.15) is 17.5 Å². The highest BCUT2D eigenvalue weighted by Crippen LogP contribution is 2.22. The summed E-state index contributed by atoms with van der Waals surface area (Å²) in [6.45, 7) is 0. The lowest BCUT2D eigenvalue weighted by Crippen LogP contribution is -2.05. The molecule has 0 spiro atoms. The maximum atomic E-state index is 11.2. The topological polar surface area (TPSA) is 52.6 Å². The Bertz CT molecular complexity index is 619. The lowest BCUT2D eigenvalue weighted by molar-refractivity contribution is -0.139. The van der Waals surface area contributed by atoms with Crippen molar-refractivity contribution in [3.63, 3.8) is 0 Å². The quantitative estimate of drug-likeness (QED) is 0.622. The average molecular weight is 270 g/mol. The molecule has 1 aromatic rings. The third kappa shape index (κ3) is 3.70. The zero-order valence-corrected chi connectivity index (χ0v) is 11.1. The van der Waals surface area contributed by atoms with Crippen molar-refractivity contribution >= 4 is 11.9 Å². The SMILES string of the molecule is COC(=O)Cc1cccc(OC2=CC=CC(=C=O)C2)c1. The Morgan fingerprint density at radius 1 is 1.40 bits per heavy atom. The molecule has 1 aliphatic rings. The summed E-state index contributed by atoms with van der Waals surface area (Å²) in [6.07, 6.45) is 5.87. The summed E-state index contributed by atoms with van der Waals surface area (Å²) in [7, 11) is 1.36. The number of carbonyl (C=O) groups is 1. The molecule has 0 amide bonds. The molecule has 0 atom stereocenters. The minimum absolute atomic E-state index is 0.201. The molecular weight excluding hydrogens is 256 g/mol. The fourth-order valence-electron chi connectivity index (χ4n) is 1.83. The Morgan fingerprint density at radius 2 is 2.25 bits per heavy atom. The molecule has 0 saturated heterocycles. The van der Waals surface area contributed by atoms with Crippen molar-refractivity contribution in [3.05, 3.63) is 59.4 Å². The summed E-state index contributed by atoms with van der Waals surface area (Å²) < 4.78 is 10.3. The van der Waals surface area contributed by atoms with Crippen LogP contribution in [0.5, 0.6) is 5.75 Å². The zero-order valence-electron chi connectivity index (χ0n) is 11.1. The predicted molar refractivity (Wildman–Crippen MR) is 73.8 cm³/mol. The van der Waals surface area contributed by atoms with E-state index in [4.69, 9.17) is 4.74 Å². The van der Waals surface area contributed by atoms with Gasteiger partial charge >= 0.3 is 5.97 Å². The van der Waals surface area contributed by atoms with Gasteiger partial charge in [-0.05, 0) is 29.8 Å². The average Bonchev–Trinajstić information content (AvgIpc) is 2.47. The van der Waals surface area contributed by atoms with Gasteiger partial charge in [0.05, 0.1) is 13.5 Å². The number of methoxy groups -OCH3 is 1. The molecule has 4 heteroatoms. The second kappa shape index (κ2) is 6.55. The maximum absolute atomic E-state index is 11.2. The largest absolute Gasteiger partial charge is 0.469 e. The van der Waals surface area contributed by atoms with Gasteiger partial charge in [-0.1, -0.05) is 18.2 Å². The third-order valence-corrected chi connectivity index (χ3v) is 2.80. The minimum atomic E-state index is -0.298. The Labute approximate surface area is 117 Å². The second-order valence-electron chi connectivity index (χ2n) is 4.30. The van der Waals surface area contributed by atoms with Gasteiger partial charge in [-0.3, -0.25) is 4.79 Å². The van der Waals surface area contributed by atoms with Crippen LogP contribution in [0.25, 0.3) is 0 Å². The molecule has 0 heterocycles. The van der Waals surface area contributed by atoms with Crippen LogP contribution in [-0.2, 0) is 20.7 Å². The lowest BCUT2D eigenvalue weighted by Gasteiger charge is -2.12. The number of hydrogen-bond acceptors (Lipinski definition) is 4. The van der Waals surface area contributed by atoms with Gasteiger partial charge in [0.25, 0.3) is 0 Å². The molecule has 4 nitrogen and oxygen atoms in total. The Balaban J connectivity index is 2.08. The molecule has 0 fully saturated rings. The highest BCUT2D eigenvalue weighted by atomic mass is 16.5. The van der Waals surface area contributed by atoms with Crippen molar-refractivity contribution in [1.29, 1.82) is 0 Å². The number of benzene rings is 1. The number of carbonyl (C=O) groups excluding carboxylic acids is 2. The highest BCUT2D eigenvalue weighted by molar-refractivity contribution is 5.72. The van der Waals surface area contributed by atoms with Crippen LogP contribution in [0.4, 0.5) is 0 Å². The van der Waals surface area contributed by atoms with Gasteiger partial charge in [0.15, 0.2) is 0 Å². The molecule has 20 heavy (non-hydrogen) atoms. The first kappa shape index (κ1) is 13.8. The molecule has 0 N–H and O–H groups in total. The van der Waals surface area contributed by atoms with E-state index in [1.54, 1.807) is 30.4 Å². The number of hydrogen-bond donors (Lipinski definition) is 0. The molecule has 0 saturated carbocycles. The predicted octanol–water partition coefficient (Wildman–Crippen LogP) is 2.38. The van der Waals surface area contributed by atoms with Crippen molar-refractivity contribution in [2.75, 3.05) is 7.11 Å². The van der Waals surface area contributed by atoms with Crippen molar-refractivity contribution in [3.8, 4) is 5.75 Å². The summed E-state index contributed by atoms with van der Waals surface area (Å²) in [4.78, 5) is 21.9. The van der Waals surface area contributed by atoms with Crippen LogP contribution >= 0.6 is 0 Å². The Kier molecular flexibility index (Phi) is 4.53. The van der Waals surface area contributed by atoms with E-state index in [9.17, 15) is 9.59 Å². The van der Waals surface area contributed by atoms with Crippen LogP contribution < -0.4 is 4.74 Å². The summed E-state index contributed by atoms with van der Waals surface area (Å²) in [5.74, 6) is 2.86. The first-order valence-corrected chi connectivity index (χ1v) is 6.16. The van der Waals surface area contributed by atoms with E-state index in [1.807, 2.05) is 18.1 Å². The van der Waals surface area contributed by atoms with Gasteiger partial charge in [-0.2, -0.15) is 0 Å². The number of allylic oxidation sites excluding steroid dienone is 4.